The second kappa shape index (κ2) is 4.38. The van der Waals surface area contributed by atoms with Gasteiger partial charge in [-0.05, 0) is 12.1 Å². The monoisotopic (exact) mass is 265 g/mol. The Hall–Kier alpha value is -1.95. The number of nitrogens with one attached hydrogen (secondary N) is 1. The van der Waals surface area contributed by atoms with E-state index in [1.54, 1.807) is 0 Å². The Morgan fingerprint density at radius 2 is 2.22 bits per heavy atom. The summed E-state index contributed by atoms with van der Waals surface area (Å²) >= 11 is 1.54. The molecule has 0 aliphatic heterocycles. The Kier molecular flexibility index (Phi) is 2.71. The van der Waals surface area contributed by atoms with E-state index in [0.717, 1.165) is 16.7 Å². The third-order valence-electron chi connectivity index (χ3n) is 2.53. The molecule has 2 heterocycles. The first kappa shape index (κ1) is 11.2. The Labute approximate surface area is 106 Å². The Morgan fingerprint density at radius 3 is 3.00 bits per heavy atom. The van der Waals surface area contributed by atoms with Crippen LogP contribution in [0.25, 0.3) is 4.96 Å². The first-order valence-corrected chi connectivity index (χ1v) is 6.20. The minimum atomic E-state index is -0.601. The van der Waals surface area contributed by atoms with Gasteiger partial charge in [-0.3, -0.25) is 4.40 Å². The summed E-state index contributed by atoms with van der Waals surface area (Å²) < 4.78 is 28.0. The molecule has 1 aromatic carbocycles. The van der Waals surface area contributed by atoms with Crippen molar-refractivity contribution < 1.29 is 8.78 Å². The number of hydrogen-bond donors (Lipinski definition) is 1. The molecule has 0 spiro atoms. The topological polar surface area (TPSA) is 29.3 Å². The maximum absolute atomic E-state index is 13.4. The molecule has 0 atom stereocenters. The molecule has 2 aromatic heterocycles. The van der Waals surface area contributed by atoms with Crippen LogP contribution in [-0.4, -0.2) is 9.38 Å². The van der Waals surface area contributed by atoms with Crippen molar-refractivity contribution in [2.24, 2.45) is 0 Å². The zero-order valence-electron chi connectivity index (χ0n) is 9.23. The van der Waals surface area contributed by atoms with Crippen molar-refractivity contribution in [1.29, 1.82) is 0 Å². The standard InChI is InChI=1S/C12H9F2N3S/c13-8-1-2-11(10(14)5-8)15-6-9-7-17-3-4-18-12(17)16-9/h1-5,7,15H,6H2. The summed E-state index contributed by atoms with van der Waals surface area (Å²) in [5, 5.41) is 4.84. The van der Waals surface area contributed by atoms with Gasteiger partial charge in [0.25, 0.3) is 0 Å². The van der Waals surface area contributed by atoms with Crippen LogP contribution in [0.5, 0.6) is 0 Å². The van der Waals surface area contributed by atoms with Crippen molar-refractivity contribution in [2.45, 2.75) is 6.54 Å². The number of halogens is 2. The molecule has 0 unspecified atom stereocenters. The fourth-order valence-electron chi connectivity index (χ4n) is 1.68. The fourth-order valence-corrected chi connectivity index (χ4v) is 2.40. The van der Waals surface area contributed by atoms with Crippen LogP contribution in [0.1, 0.15) is 5.69 Å². The maximum Gasteiger partial charge on any atom is 0.193 e. The third-order valence-corrected chi connectivity index (χ3v) is 3.30. The van der Waals surface area contributed by atoms with Crippen molar-refractivity contribution in [1.82, 2.24) is 9.38 Å². The van der Waals surface area contributed by atoms with E-state index in [4.69, 9.17) is 0 Å². The molecule has 0 fully saturated rings. The SMILES string of the molecule is Fc1ccc(NCc2cn3ccsc3n2)c(F)c1. The van der Waals surface area contributed by atoms with Gasteiger partial charge < -0.3 is 5.32 Å². The van der Waals surface area contributed by atoms with Gasteiger partial charge in [-0.15, -0.1) is 11.3 Å². The number of thiazole rings is 1. The molecule has 0 saturated carbocycles. The molecule has 0 amide bonds. The molecule has 0 aliphatic carbocycles. The second-order valence-electron chi connectivity index (χ2n) is 3.80. The van der Waals surface area contributed by atoms with Crippen LogP contribution in [0.15, 0.2) is 36.0 Å². The number of benzene rings is 1. The molecule has 0 saturated heterocycles. The minimum Gasteiger partial charge on any atom is -0.377 e. The summed E-state index contributed by atoms with van der Waals surface area (Å²) in [7, 11) is 0. The summed E-state index contributed by atoms with van der Waals surface area (Å²) in [6, 6.07) is 3.45. The predicted molar refractivity (Wildman–Crippen MR) is 66.8 cm³/mol. The van der Waals surface area contributed by atoms with Crippen LogP contribution in [0.3, 0.4) is 0 Å². The fraction of sp³-hybridized carbons (Fsp3) is 0.0833. The number of fused-ring (bicyclic) bond motifs is 1. The minimum absolute atomic E-state index is 0.271. The van der Waals surface area contributed by atoms with E-state index in [-0.39, 0.29) is 5.69 Å². The average Bonchev–Trinajstić information content (AvgIpc) is 2.88. The summed E-state index contributed by atoms with van der Waals surface area (Å²) in [4.78, 5) is 5.25. The molecule has 0 radical (unpaired) electrons. The quantitative estimate of drug-likeness (QED) is 0.787. The Morgan fingerprint density at radius 1 is 1.33 bits per heavy atom. The Balaban J connectivity index is 1.76. The lowest BCUT2D eigenvalue weighted by Gasteiger charge is -2.05. The van der Waals surface area contributed by atoms with Gasteiger partial charge in [0.15, 0.2) is 4.96 Å². The smallest absolute Gasteiger partial charge is 0.193 e. The van der Waals surface area contributed by atoms with E-state index in [9.17, 15) is 8.78 Å². The third kappa shape index (κ3) is 2.06. The predicted octanol–water partition coefficient (Wildman–Crippen LogP) is 3.29. The number of anilines is 1. The van der Waals surface area contributed by atoms with Crippen LogP contribution in [0, 0.1) is 11.6 Å². The average molecular weight is 265 g/mol. The van der Waals surface area contributed by atoms with Crippen LogP contribution in [0.2, 0.25) is 0 Å². The first-order chi connectivity index (χ1) is 8.72. The summed E-state index contributed by atoms with van der Waals surface area (Å²) in [5.41, 5.74) is 1.08. The molecular weight excluding hydrogens is 256 g/mol. The van der Waals surface area contributed by atoms with Gasteiger partial charge in [-0.25, -0.2) is 13.8 Å². The van der Waals surface area contributed by atoms with Gasteiger partial charge in [0.1, 0.15) is 11.6 Å². The van der Waals surface area contributed by atoms with Crippen molar-refractivity contribution in [3.63, 3.8) is 0 Å². The maximum atomic E-state index is 13.4. The van der Waals surface area contributed by atoms with Gasteiger partial charge in [-0.1, -0.05) is 0 Å². The van der Waals surface area contributed by atoms with Gasteiger partial charge in [0.05, 0.1) is 17.9 Å². The van der Waals surface area contributed by atoms with E-state index in [0.29, 0.717) is 6.54 Å². The zero-order valence-corrected chi connectivity index (χ0v) is 10.0. The molecule has 0 bridgehead atoms. The van der Waals surface area contributed by atoms with E-state index < -0.39 is 11.6 Å². The largest absolute Gasteiger partial charge is 0.377 e. The zero-order chi connectivity index (χ0) is 12.5. The summed E-state index contributed by atoms with van der Waals surface area (Å²) in [6.07, 6.45) is 3.79. The van der Waals surface area contributed by atoms with Crippen molar-refractivity contribution in [3.8, 4) is 0 Å². The number of nitrogens with zero attached hydrogens (tertiary/aromatic N) is 2. The van der Waals surface area contributed by atoms with Crippen LogP contribution >= 0.6 is 11.3 Å². The summed E-state index contributed by atoms with van der Waals surface area (Å²) in [6.45, 7) is 0.400. The molecule has 18 heavy (non-hydrogen) atoms. The highest BCUT2D eigenvalue weighted by Crippen LogP contribution is 2.17. The van der Waals surface area contributed by atoms with Crippen molar-refractivity contribution >= 4 is 22.0 Å². The molecule has 0 aliphatic rings. The molecule has 6 heteroatoms. The van der Waals surface area contributed by atoms with E-state index in [1.807, 2.05) is 22.2 Å². The van der Waals surface area contributed by atoms with Gasteiger partial charge in [0, 0.05) is 23.8 Å². The van der Waals surface area contributed by atoms with Crippen molar-refractivity contribution in [3.05, 3.63) is 53.3 Å². The normalized spacial score (nSPS) is 11.0. The molecule has 3 rings (SSSR count). The molecule has 3 nitrogen and oxygen atoms in total. The van der Waals surface area contributed by atoms with Crippen molar-refractivity contribution in [2.75, 3.05) is 5.32 Å². The lowest BCUT2D eigenvalue weighted by atomic mass is 10.3. The molecule has 92 valence electrons. The van der Waals surface area contributed by atoms with Gasteiger partial charge in [0.2, 0.25) is 0 Å². The summed E-state index contributed by atoms with van der Waals surface area (Å²) in [5.74, 6) is -1.18. The van der Waals surface area contributed by atoms with E-state index in [2.05, 4.69) is 10.3 Å². The number of hydrogen-bond acceptors (Lipinski definition) is 3. The highest BCUT2D eigenvalue weighted by atomic mass is 32.1. The van der Waals surface area contributed by atoms with Crippen LogP contribution in [0.4, 0.5) is 14.5 Å². The highest BCUT2D eigenvalue weighted by molar-refractivity contribution is 7.15. The first-order valence-electron chi connectivity index (χ1n) is 5.32. The molecule has 3 aromatic rings. The Bertz CT molecular complexity index is 661. The number of imidazole rings is 1. The lowest BCUT2D eigenvalue weighted by molar-refractivity contribution is 0.585. The van der Waals surface area contributed by atoms with Gasteiger partial charge in [-0.2, -0.15) is 0 Å². The molecular formula is C12H9F2N3S. The van der Waals surface area contributed by atoms with E-state index in [1.165, 1.54) is 23.5 Å². The number of rotatable bonds is 3. The highest BCUT2D eigenvalue weighted by Gasteiger charge is 2.05. The van der Waals surface area contributed by atoms with Gasteiger partial charge >= 0.3 is 0 Å². The second-order valence-corrected chi connectivity index (χ2v) is 4.68. The van der Waals surface area contributed by atoms with Crippen LogP contribution in [-0.2, 0) is 6.54 Å². The lowest BCUT2D eigenvalue weighted by Crippen LogP contribution is -2.01. The number of aromatic nitrogens is 2. The van der Waals surface area contributed by atoms with Crippen LogP contribution < -0.4 is 5.32 Å². The molecule has 1 N–H and O–H groups in total. The van der Waals surface area contributed by atoms with E-state index >= 15 is 0 Å².